The Kier molecular flexibility index (Phi) is 5.88. The van der Waals surface area contributed by atoms with Crippen LogP contribution < -0.4 is 10.1 Å². The van der Waals surface area contributed by atoms with Crippen molar-refractivity contribution >= 4 is 5.91 Å². The summed E-state index contributed by atoms with van der Waals surface area (Å²) in [6, 6.07) is 15.1. The predicted octanol–water partition coefficient (Wildman–Crippen LogP) is 3.94. The summed E-state index contributed by atoms with van der Waals surface area (Å²) in [4.78, 5) is 20.4. The van der Waals surface area contributed by atoms with Gasteiger partial charge in [-0.1, -0.05) is 30.3 Å². The van der Waals surface area contributed by atoms with E-state index in [1.807, 2.05) is 30.3 Å². The summed E-state index contributed by atoms with van der Waals surface area (Å²) in [6.45, 7) is -1.44. The van der Waals surface area contributed by atoms with Gasteiger partial charge in [-0.2, -0.15) is 13.2 Å². The summed E-state index contributed by atoms with van der Waals surface area (Å²) in [7, 11) is 0. The van der Waals surface area contributed by atoms with E-state index in [0.29, 0.717) is 0 Å². The summed E-state index contributed by atoms with van der Waals surface area (Å²) < 4.78 is 41.1. The highest BCUT2D eigenvalue weighted by Crippen LogP contribution is 2.22. The molecule has 1 unspecified atom stereocenters. The lowest BCUT2D eigenvalue weighted by Gasteiger charge is -2.19. The van der Waals surface area contributed by atoms with E-state index in [0.717, 1.165) is 11.1 Å². The molecule has 0 radical (unpaired) electrons. The van der Waals surface area contributed by atoms with Gasteiger partial charge in [-0.15, -0.1) is 0 Å². The number of carbonyl (C=O) groups excluding carboxylic acids is 1. The fourth-order valence-corrected chi connectivity index (χ4v) is 2.53. The fourth-order valence-electron chi connectivity index (χ4n) is 2.53. The maximum Gasteiger partial charge on any atom is 0.422 e. The summed E-state index contributed by atoms with van der Waals surface area (Å²) in [6.07, 6.45) is -0.0155. The lowest BCUT2D eigenvalue weighted by atomic mass is 9.99. The van der Waals surface area contributed by atoms with Gasteiger partial charge in [0.1, 0.15) is 0 Å². The lowest BCUT2D eigenvalue weighted by molar-refractivity contribution is -0.154. The van der Waals surface area contributed by atoms with Crippen LogP contribution in [0.1, 0.15) is 27.5 Å². The molecule has 1 amide bonds. The average Bonchev–Trinajstić information content (AvgIpc) is 2.71. The minimum atomic E-state index is -4.45. The standard InChI is InChI=1S/C20H16F3N3O2/c21-20(22,23)13-28-17-7-6-16(12-25-17)19(27)26-18(14-4-2-1-3-5-14)15-8-10-24-11-9-15/h1-12,18H,13H2,(H,26,27). The van der Waals surface area contributed by atoms with Crippen LogP contribution >= 0.6 is 0 Å². The Labute approximate surface area is 159 Å². The van der Waals surface area contributed by atoms with E-state index in [1.165, 1.54) is 18.3 Å². The quantitative estimate of drug-likeness (QED) is 0.696. The van der Waals surface area contributed by atoms with E-state index < -0.39 is 24.7 Å². The van der Waals surface area contributed by atoms with Crippen molar-refractivity contribution in [1.82, 2.24) is 15.3 Å². The molecule has 3 rings (SSSR count). The van der Waals surface area contributed by atoms with E-state index in [9.17, 15) is 18.0 Å². The van der Waals surface area contributed by atoms with Crippen LogP contribution in [0.4, 0.5) is 13.2 Å². The zero-order chi connectivity index (χ0) is 20.0. The molecule has 1 atom stereocenters. The van der Waals surface area contributed by atoms with Gasteiger partial charge >= 0.3 is 6.18 Å². The highest BCUT2D eigenvalue weighted by atomic mass is 19.4. The molecule has 2 heterocycles. The molecular weight excluding hydrogens is 371 g/mol. The highest BCUT2D eigenvalue weighted by Gasteiger charge is 2.28. The molecular formula is C20H16F3N3O2. The first-order valence-electron chi connectivity index (χ1n) is 8.34. The number of nitrogens with zero attached hydrogens (tertiary/aromatic N) is 2. The smallest absolute Gasteiger partial charge is 0.422 e. The SMILES string of the molecule is O=C(NC(c1ccccc1)c1ccncc1)c1ccc(OCC(F)(F)F)nc1. The summed E-state index contributed by atoms with van der Waals surface area (Å²) >= 11 is 0. The van der Waals surface area contributed by atoms with Crippen molar-refractivity contribution < 1.29 is 22.7 Å². The first-order chi connectivity index (χ1) is 13.4. The molecule has 144 valence electrons. The number of aromatic nitrogens is 2. The molecule has 1 N–H and O–H groups in total. The second-order valence-corrected chi connectivity index (χ2v) is 5.89. The zero-order valence-electron chi connectivity index (χ0n) is 14.6. The van der Waals surface area contributed by atoms with E-state index in [4.69, 9.17) is 0 Å². The van der Waals surface area contributed by atoms with E-state index in [2.05, 4.69) is 20.0 Å². The first kappa shape index (κ1) is 19.3. The molecule has 0 aliphatic rings. The molecule has 5 nitrogen and oxygen atoms in total. The van der Waals surface area contributed by atoms with Gasteiger partial charge in [0.25, 0.3) is 5.91 Å². The lowest BCUT2D eigenvalue weighted by Crippen LogP contribution is -2.29. The number of hydrogen-bond acceptors (Lipinski definition) is 4. The Hall–Kier alpha value is -3.42. The molecule has 0 spiro atoms. The number of amides is 1. The monoisotopic (exact) mass is 387 g/mol. The molecule has 0 bridgehead atoms. The number of hydrogen-bond donors (Lipinski definition) is 1. The number of ether oxygens (including phenoxy) is 1. The van der Waals surface area contributed by atoms with Crippen molar-refractivity contribution in [3.8, 4) is 5.88 Å². The second kappa shape index (κ2) is 8.51. The molecule has 0 aliphatic carbocycles. The van der Waals surface area contributed by atoms with Crippen LogP contribution in [0.5, 0.6) is 5.88 Å². The van der Waals surface area contributed by atoms with E-state index in [1.54, 1.807) is 24.5 Å². The molecule has 0 fully saturated rings. The molecule has 3 aromatic rings. The van der Waals surface area contributed by atoms with Crippen LogP contribution in [-0.2, 0) is 0 Å². The maximum atomic E-state index is 12.6. The molecule has 0 saturated carbocycles. The average molecular weight is 387 g/mol. The van der Waals surface area contributed by atoms with Gasteiger partial charge in [-0.05, 0) is 29.3 Å². The van der Waals surface area contributed by atoms with Gasteiger partial charge in [0.2, 0.25) is 5.88 Å². The Bertz CT molecular complexity index is 862. The van der Waals surface area contributed by atoms with Crippen LogP contribution in [0, 0.1) is 0 Å². The van der Waals surface area contributed by atoms with E-state index >= 15 is 0 Å². The molecule has 1 aromatic carbocycles. The number of pyridine rings is 2. The Balaban J connectivity index is 1.75. The van der Waals surface area contributed by atoms with Crippen LogP contribution in [0.25, 0.3) is 0 Å². The van der Waals surface area contributed by atoms with Gasteiger partial charge in [0.15, 0.2) is 6.61 Å². The first-order valence-corrected chi connectivity index (χ1v) is 8.34. The number of alkyl halides is 3. The van der Waals surface area contributed by atoms with Gasteiger partial charge in [0, 0.05) is 24.7 Å². The van der Waals surface area contributed by atoms with Crippen molar-refractivity contribution in [2.45, 2.75) is 12.2 Å². The Morgan fingerprint density at radius 3 is 2.29 bits per heavy atom. The third kappa shape index (κ3) is 5.29. The van der Waals surface area contributed by atoms with Gasteiger partial charge in [-0.3, -0.25) is 9.78 Å². The minimum Gasteiger partial charge on any atom is -0.468 e. The Morgan fingerprint density at radius 1 is 1.00 bits per heavy atom. The number of halogens is 3. The van der Waals surface area contributed by atoms with Crippen molar-refractivity contribution in [2.75, 3.05) is 6.61 Å². The molecule has 28 heavy (non-hydrogen) atoms. The van der Waals surface area contributed by atoms with Crippen molar-refractivity contribution in [1.29, 1.82) is 0 Å². The largest absolute Gasteiger partial charge is 0.468 e. The van der Waals surface area contributed by atoms with Crippen molar-refractivity contribution in [3.05, 3.63) is 89.9 Å². The van der Waals surface area contributed by atoms with Crippen LogP contribution in [0.3, 0.4) is 0 Å². The summed E-state index contributed by atoms with van der Waals surface area (Å²) in [5, 5.41) is 2.91. The molecule has 2 aromatic heterocycles. The summed E-state index contributed by atoms with van der Waals surface area (Å²) in [5.41, 5.74) is 1.92. The second-order valence-electron chi connectivity index (χ2n) is 5.89. The summed E-state index contributed by atoms with van der Waals surface area (Å²) in [5.74, 6) is -0.622. The van der Waals surface area contributed by atoms with Crippen LogP contribution in [0.15, 0.2) is 73.2 Å². The van der Waals surface area contributed by atoms with Crippen molar-refractivity contribution in [2.24, 2.45) is 0 Å². The third-order valence-electron chi connectivity index (χ3n) is 3.83. The number of rotatable bonds is 6. The zero-order valence-corrected chi connectivity index (χ0v) is 14.6. The highest BCUT2D eigenvalue weighted by molar-refractivity contribution is 5.94. The predicted molar refractivity (Wildman–Crippen MR) is 95.8 cm³/mol. The Morgan fingerprint density at radius 2 is 1.68 bits per heavy atom. The third-order valence-corrected chi connectivity index (χ3v) is 3.83. The number of carbonyl (C=O) groups is 1. The fraction of sp³-hybridized carbons (Fsp3) is 0.150. The minimum absolute atomic E-state index is 0.203. The van der Waals surface area contributed by atoms with Crippen LogP contribution in [0.2, 0.25) is 0 Å². The van der Waals surface area contributed by atoms with Crippen molar-refractivity contribution in [3.63, 3.8) is 0 Å². The number of nitrogens with one attached hydrogen (secondary N) is 1. The van der Waals surface area contributed by atoms with Crippen LogP contribution in [-0.4, -0.2) is 28.7 Å². The molecule has 8 heteroatoms. The molecule has 0 saturated heterocycles. The van der Waals surface area contributed by atoms with Gasteiger partial charge in [0.05, 0.1) is 11.6 Å². The topological polar surface area (TPSA) is 64.1 Å². The van der Waals surface area contributed by atoms with E-state index in [-0.39, 0.29) is 11.4 Å². The normalized spacial score (nSPS) is 12.2. The maximum absolute atomic E-state index is 12.6. The van der Waals surface area contributed by atoms with Gasteiger partial charge < -0.3 is 10.1 Å². The molecule has 0 aliphatic heterocycles. The number of benzene rings is 1. The van der Waals surface area contributed by atoms with Gasteiger partial charge in [-0.25, -0.2) is 4.98 Å².